The molecule has 0 radical (unpaired) electrons. The molecule has 0 amide bonds. The number of Topliss-reactive ketones (excluding diaryl/α,β-unsaturated/α-hetero) is 1. The molecule has 2 N–H and O–H groups in total. The number of carbonyl (C=O) groups is 1. The summed E-state index contributed by atoms with van der Waals surface area (Å²) in [6.45, 7) is 3.63. The van der Waals surface area contributed by atoms with E-state index in [0.29, 0.717) is 22.1 Å². The molecule has 0 heterocycles. The molecule has 0 unspecified atom stereocenters. The first-order chi connectivity index (χ1) is 7.99. The van der Waals surface area contributed by atoms with E-state index in [-0.39, 0.29) is 18.4 Å². The molecule has 5 heteroatoms. The summed E-state index contributed by atoms with van der Waals surface area (Å²) in [5.41, 5.74) is 5.71. The van der Waals surface area contributed by atoms with E-state index < -0.39 is 0 Å². The molecule has 0 aliphatic carbocycles. The lowest BCUT2D eigenvalue weighted by atomic mass is 10.1. The molecule has 0 saturated carbocycles. The number of ketones is 1. The van der Waals surface area contributed by atoms with Gasteiger partial charge in [-0.25, -0.2) is 0 Å². The SMILES string of the molecule is COc1cc(Cl)cc(C(=O)CN)c1OC(C)C. The first-order valence-electron chi connectivity index (χ1n) is 5.27. The van der Waals surface area contributed by atoms with E-state index in [2.05, 4.69) is 0 Å². The van der Waals surface area contributed by atoms with Crippen LogP contribution in [-0.4, -0.2) is 25.5 Å². The van der Waals surface area contributed by atoms with Gasteiger partial charge < -0.3 is 15.2 Å². The lowest BCUT2D eigenvalue weighted by Crippen LogP contribution is -2.17. The van der Waals surface area contributed by atoms with E-state index >= 15 is 0 Å². The minimum atomic E-state index is -0.235. The molecule has 0 spiro atoms. The van der Waals surface area contributed by atoms with Gasteiger partial charge in [-0.05, 0) is 19.9 Å². The highest BCUT2D eigenvalue weighted by molar-refractivity contribution is 6.31. The predicted octanol–water partition coefficient (Wildman–Crippen LogP) is 2.28. The average molecular weight is 258 g/mol. The molecule has 0 aromatic heterocycles. The molecule has 94 valence electrons. The summed E-state index contributed by atoms with van der Waals surface area (Å²) < 4.78 is 10.7. The Morgan fingerprint density at radius 2 is 2.12 bits per heavy atom. The lowest BCUT2D eigenvalue weighted by molar-refractivity contribution is 0.0994. The Bertz CT molecular complexity index is 418. The number of nitrogens with two attached hydrogens (primary N) is 1. The van der Waals surface area contributed by atoms with Crippen LogP contribution >= 0.6 is 11.6 Å². The van der Waals surface area contributed by atoms with Crippen LogP contribution in [0.1, 0.15) is 24.2 Å². The quantitative estimate of drug-likeness (QED) is 0.822. The van der Waals surface area contributed by atoms with Crippen molar-refractivity contribution in [1.82, 2.24) is 0 Å². The highest BCUT2D eigenvalue weighted by Gasteiger charge is 2.18. The monoisotopic (exact) mass is 257 g/mol. The van der Waals surface area contributed by atoms with Crippen LogP contribution in [0.2, 0.25) is 5.02 Å². The maximum atomic E-state index is 11.7. The van der Waals surface area contributed by atoms with Crippen LogP contribution in [0.25, 0.3) is 0 Å². The molecule has 4 nitrogen and oxygen atoms in total. The van der Waals surface area contributed by atoms with Crippen LogP contribution in [-0.2, 0) is 0 Å². The van der Waals surface area contributed by atoms with E-state index in [1.54, 1.807) is 6.07 Å². The summed E-state index contributed by atoms with van der Waals surface area (Å²) in [5.74, 6) is 0.590. The normalized spacial score (nSPS) is 10.5. The van der Waals surface area contributed by atoms with Gasteiger partial charge in [0.25, 0.3) is 0 Å². The molecular weight excluding hydrogens is 242 g/mol. The summed E-state index contributed by atoms with van der Waals surface area (Å²) in [6, 6.07) is 3.14. The van der Waals surface area contributed by atoms with Gasteiger partial charge in [0.15, 0.2) is 17.3 Å². The van der Waals surface area contributed by atoms with E-state index in [0.717, 1.165) is 0 Å². The third kappa shape index (κ3) is 3.35. The number of carbonyl (C=O) groups excluding carboxylic acids is 1. The van der Waals surface area contributed by atoms with Gasteiger partial charge in [0.1, 0.15) is 0 Å². The molecule has 0 fully saturated rings. The fourth-order valence-electron chi connectivity index (χ4n) is 1.39. The molecular formula is C12H16ClNO3. The molecule has 1 aromatic rings. The van der Waals surface area contributed by atoms with Crippen molar-refractivity contribution in [3.05, 3.63) is 22.7 Å². The van der Waals surface area contributed by atoms with Crippen LogP contribution in [0.4, 0.5) is 0 Å². The number of benzene rings is 1. The summed E-state index contributed by atoms with van der Waals surface area (Å²) >= 11 is 5.91. The number of hydrogen-bond donors (Lipinski definition) is 1. The van der Waals surface area contributed by atoms with Gasteiger partial charge in [-0.2, -0.15) is 0 Å². The zero-order valence-electron chi connectivity index (χ0n) is 10.1. The smallest absolute Gasteiger partial charge is 0.180 e. The fraction of sp³-hybridized carbons (Fsp3) is 0.417. The molecule has 1 aromatic carbocycles. The van der Waals surface area contributed by atoms with Crippen molar-refractivity contribution >= 4 is 17.4 Å². The summed E-state index contributed by atoms with van der Waals surface area (Å²) in [4.78, 5) is 11.7. The van der Waals surface area contributed by atoms with Crippen LogP contribution < -0.4 is 15.2 Å². The topological polar surface area (TPSA) is 61.5 Å². The van der Waals surface area contributed by atoms with Gasteiger partial charge >= 0.3 is 0 Å². The number of methoxy groups -OCH3 is 1. The maximum Gasteiger partial charge on any atom is 0.180 e. The van der Waals surface area contributed by atoms with Gasteiger partial charge in [-0.1, -0.05) is 11.6 Å². The minimum absolute atomic E-state index is 0.0746. The number of rotatable bonds is 5. The Kier molecular flexibility index (Phi) is 4.78. The molecule has 0 bridgehead atoms. The van der Waals surface area contributed by atoms with Crippen molar-refractivity contribution in [2.24, 2.45) is 5.73 Å². The van der Waals surface area contributed by atoms with Crippen molar-refractivity contribution in [2.75, 3.05) is 13.7 Å². The van der Waals surface area contributed by atoms with Gasteiger partial charge in [-0.15, -0.1) is 0 Å². The van der Waals surface area contributed by atoms with Crippen molar-refractivity contribution < 1.29 is 14.3 Å². The second-order valence-corrected chi connectivity index (χ2v) is 4.22. The zero-order valence-corrected chi connectivity index (χ0v) is 10.9. The maximum absolute atomic E-state index is 11.7. The second kappa shape index (κ2) is 5.89. The molecule has 1 rings (SSSR count). The largest absolute Gasteiger partial charge is 0.493 e. The minimum Gasteiger partial charge on any atom is -0.493 e. The van der Waals surface area contributed by atoms with Crippen molar-refractivity contribution in [2.45, 2.75) is 20.0 Å². The molecule has 0 atom stereocenters. The summed E-state index contributed by atoms with van der Waals surface area (Å²) in [7, 11) is 1.50. The Hall–Kier alpha value is -1.26. The molecule has 0 saturated heterocycles. The standard InChI is InChI=1S/C12H16ClNO3/c1-7(2)17-12-9(10(15)6-14)4-8(13)5-11(12)16-3/h4-5,7H,6,14H2,1-3H3. The molecule has 0 aliphatic rings. The van der Waals surface area contributed by atoms with Crippen molar-refractivity contribution in [3.63, 3.8) is 0 Å². The van der Waals surface area contributed by atoms with Gasteiger partial charge in [0, 0.05) is 11.1 Å². The Balaban J connectivity index is 3.33. The van der Waals surface area contributed by atoms with Crippen LogP contribution in [0.5, 0.6) is 11.5 Å². The first-order valence-corrected chi connectivity index (χ1v) is 5.64. The van der Waals surface area contributed by atoms with Crippen molar-refractivity contribution in [1.29, 1.82) is 0 Å². The molecule has 0 aliphatic heterocycles. The highest BCUT2D eigenvalue weighted by atomic mass is 35.5. The van der Waals surface area contributed by atoms with E-state index in [9.17, 15) is 4.79 Å². The van der Waals surface area contributed by atoms with E-state index in [1.165, 1.54) is 13.2 Å². The Morgan fingerprint density at radius 3 is 2.59 bits per heavy atom. The predicted molar refractivity (Wildman–Crippen MR) is 67.2 cm³/mol. The number of halogens is 1. The van der Waals surface area contributed by atoms with Crippen molar-refractivity contribution in [3.8, 4) is 11.5 Å². The van der Waals surface area contributed by atoms with E-state index in [1.807, 2.05) is 13.8 Å². The third-order valence-corrected chi connectivity index (χ3v) is 2.30. The first kappa shape index (κ1) is 13.8. The highest BCUT2D eigenvalue weighted by Crippen LogP contribution is 2.35. The van der Waals surface area contributed by atoms with Crippen LogP contribution in [0.3, 0.4) is 0 Å². The summed E-state index contributed by atoms with van der Waals surface area (Å²) in [5, 5.41) is 0.412. The number of hydrogen-bond acceptors (Lipinski definition) is 4. The van der Waals surface area contributed by atoms with Gasteiger partial charge in [0.2, 0.25) is 0 Å². The Morgan fingerprint density at radius 1 is 1.47 bits per heavy atom. The summed E-state index contributed by atoms with van der Waals surface area (Å²) in [6.07, 6.45) is -0.0746. The molecule has 17 heavy (non-hydrogen) atoms. The zero-order chi connectivity index (χ0) is 13.0. The van der Waals surface area contributed by atoms with Gasteiger partial charge in [-0.3, -0.25) is 4.79 Å². The van der Waals surface area contributed by atoms with Gasteiger partial charge in [0.05, 0.1) is 25.3 Å². The Labute approximate surface area is 106 Å². The van der Waals surface area contributed by atoms with E-state index in [4.69, 9.17) is 26.8 Å². The second-order valence-electron chi connectivity index (χ2n) is 3.78. The third-order valence-electron chi connectivity index (χ3n) is 2.08. The van der Waals surface area contributed by atoms with Crippen LogP contribution in [0.15, 0.2) is 12.1 Å². The average Bonchev–Trinajstić information content (AvgIpc) is 2.29. The lowest BCUT2D eigenvalue weighted by Gasteiger charge is -2.17. The van der Waals surface area contributed by atoms with Crippen LogP contribution in [0, 0.1) is 0 Å². The fourth-order valence-corrected chi connectivity index (χ4v) is 1.60. The number of ether oxygens (including phenoxy) is 2.